The van der Waals surface area contributed by atoms with Gasteiger partial charge in [-0.2, -0.15) is 0 Å². The highest BCUT2D eigenvalue weighted by Gasteiger charge is 2.26. The van der Waals surface area contributed by atoms with E-state index in [1.54, 1.807) is 11.3 Å². The first-order valence-corrected chi connectivity index (χ1v) is 7.69. The normalized spacial score (nSPS) is 20.4. The number of carbonyl (C=O) groups is 1. The molecular formula is C13H21N3O2S. The molecule has 0 radical (unpaired) electrons. The fourth-order valence-electron chi connectivity index (χ4n) is 2.49. The third-order valence-electron chi connectivity index (χ3n) is 3.36. The second-order valence-electron chi connectivity index (χ2n) is 4.84. The van der Waals surface area contributed by atoms with Crippen LogP contribution in [0.2, 0.25) is 0 Å². The number of likely N-dealkylation sites (tertiary alicyclic amines) is 1. The highest BCUT2D eigenvalue weighted by molar-refractivity contribution is 7.11. The topological polar surface area (TPSA) is 55.3 Å². The van der Waals surface area contributed by atoms with Crippen molar-refractivity contribution in [3.8, 4) is 0 Å². The Hall–Kier alpha value is -1.01. The fourth-order valence-corrected chi connectivity index (χ4v) is 3.22. The molecule has 0 aliphatic carbocycles. The Balaban J connectivity index is 1.93. The molecule has 1 atom stereocenters. The van der Waals surface area contributed by atoms with Crippen molar-refractivity contribution in [2.24, 2.45) is 0 Å². The number of aromatic nitrogens is 2. The van der Waals surface area contributed by atoms with Crippen LogP contribution >= 0.6 is 11.3 Å². The van der Waals surface area contributed by atoms with Gasteiger partial charge in [0.2, 0.25) is 0 Å². The lowest BCUT2D eigenvalue weighted by Gasteiger charge is -2.34. The number of hydrogen-bond donors (Lipinski definition) is 0. The molecule has 2 heterocycles. The van der Waals surface area contributed by atoms with Gasteiger partial charge < -0.3 is 4.74 Å². The minimum atomic E-state index is -0.0900. The Labute approximate surface area is 118 Å². The maximum Gasteiger partial charge on any atom is 0.307 e. The van der Waals surface area contributed by atoms with E-state index in [1.807, 2.05) is 13.8 Å². The first kappa shape index (κ1) is 14.4. The summed E-state index contributed by atoms with van der Waals surface area (Å²) < 4.78 is 5.06. The summed E-state index contributed by atoms with van der Waals surface area (Å²) in [4.78, 5) is 14.0. The van der Waals surface area contributed by atoms with Gasteiger partial charge in [0.1, 0.15) is 10.0 Å². The molecule has 0 saturated carbocycles. The molecule has 5 nitrogen and oxygen atoms in total. The fraction of sp³-hybridized carbons (Fsp3) is 0.769. The number of nitrogens with zero attached hydrogens (tertiary/aromatic N) is 3. The average molecular weight is 283 g/mol. The monoisotopic (exact) mass is 283 g/mol. The van der Waals surface area contributed by atoms with Crippen LogP contribution in [0.25, 0.3) is 0 Å². The Kier molecular flexibility index (Phi) is 5.27. The van der Waals surface area contributed by atoms with Crippen molar-refractivity contribution in [3.05, 3.63) is 10.0 Å². The van der Waals surface area contributed by atoms with Gasteiger partial charge in [-0.05, 0) is 33.2 Å². The average Bonchev–Trinajstić information content (AvgIpc) is 2.78. The van der Waals surface area contributed by atoms with Gasteiger partial charge in [0.05, 0.1) is 19.6 Å². The Morgan fingerprint density at radius 2 is 2.32 bits per heavy atom. The van der Waals surface area contributed by atoms with Crippen LogP contribution < -0.4 is 0 Å². The molecule has 2 rings (SSSR count). The number of carbonyl (C=O) groups excluding carboxylic acids is 1. The summed E-state index contributed by atoms with van der Waals surface area (Å²) in [6.45, 7) is 6.10. The van der Waals surface area contributed by atoms with Gasteiger partial charge >= 0.3 is 5.97 Å². The van der Waals surface area contributed by atoms with E-state index >= 15 is 0 Å². The summed E-state index contributed by atoms with van der Waals surface area (Å²) >= 11 is 1.63. The van der Waals surface area contributed by atoms with Gasteiger partial charge in [-0.25, -0.2) is 0 Å². The smallest absolute Gasteiger partial charge is 0.307 e. The summed E-state index contributed by atoms with van der Waals surface area (Å²) in [5.74, 6) is -0.0900. The first-order valence-electron chi connectivity index (χ1n) is 6.87. The number of rotatable bonds is 5. The Morgan fingerprint density at radius 1 is 1.47 bits per heavy atom. The summed E-state index contributed by atoms with van der Waals surface area (Å²) in [7, 11) is 0. The van der Waals surface area contributed by atoms with E-state index in [2.05, 4.69) is 15.1 Å². The lowest BCUT2D eigenvalue weighted by Crippen LogP contribution is -2.40. The third kappa shape index (κ3) is 4.24. The van der Waals surface area contributed by atoms with Crippen LogP contribution in [0.3, 0.4) is 0 Å². The van der Waals surface area contributed by atoms with Crippen molar-refractivity contribution in [1.82, 2.24) is 15.1 Å². The highest BCUT2D eigenvalue weighted by Crippen LogP contribution is 2.23. The minimum Gasteiger partial charge on any atom is -0.466 e. The number of hydrogen-bond acceptors (Lipinski definition) is 6. The van der Waals surface area contributed by atoms with E-state index < -0.39 is 0 Å². The van der Waals surface area contributed by atoms with Crippen LogP contribution in [0.15, 0.2) is 0 Å². The summed E-state index contributed by atoms with van der Waals surface area (Å²) in [6, 6.07) is 0.289. The zero-order chi connectivity index (χ0) is 13.7. The number of piperidine rings is 1. The van der Waals surface area contributed by atoms with Crippen molar-refractivity contribution in [2.75, 3.05) is 13.2 Å². The van der Waals surface area contributed by atoms with Gasteiger partial charge in [-0.3, -0.25) is 9.69 Å². The molecule has 1 fully saturated rings. The quantitative estimate of drug-likeness (QED) is 0.775. The van der Waals surface area contributed by atoms with Gasteiger partial charge in [0, 0.05) is 6.04 Å². The lowest BCUT2D eigenvalue weighted by atomic mass is 9.99. The van der Waals surface area contributed by atoms with Crippen LogP contribution in [-0.2, 0) is 16.1 Å². The van der Waals surface area contributed by atoms with Gasteiger partial charge in [-0.1, -0.05) is 6.42 Å². The molecule has 0 aromatic carbocycles. The van der Waals surface area contributed by atoms with Crippen molar-refractivity contribution in [1.29, 1.82) is 0 Å². The standard InChI is InChI=1S/C13H21N3O2S/c1-3-18-13(17)8-11-6-4-5-7-16(11)9-12-15-14-10(2)19-12/h11H,3-9H2,1-2H3/t11-/m0/s1. The molecule has 1 aromatic heterocycles. The molecular weight excluding hydrogens is 262 g/mol. The van der Waals surface area contributed by atoms with Crippen molar-refractivity contribution in [3.63, 3.8) is 0 Å². The van der Waals surface area contributed by atoms with E-state index in [0.29, 0.717) is 13.0 Å². The Morgan fingerprint density at radius 3 is 3.00 bits per heavy atom. The highest BCUT2D eigenvalue weighted by atomic mass is 32.1. The molecule has 6 heteroatoms. The van der Waals surface area contributed by atoms with Crippen LogP contribution in [0.5, 0.6) is 0 Å². The van der Waals surface area contributed by atoms with Gasteiger partial charge in [-0.15, -0.1) is 21.5 Å². The predicted molar refractivity (Wildman–Crippen MR) is 73.9 cm³/mol. The third-order valence-corrected chi connectivity index (χ3v) is 4.19. The number of ether oxygens (including phenoxy) is 1. The van der Waals surface area contributed by atoms with Crippen LogP contribution in [0, 0.1) is 6.92 Å². The van der Waals surface area contributed by atoms with Crippen LogP contribution in [0.1, 0.15) is 42.6 Å². The first-order chi connectivity index (χ1) is 9.19. The van der Waals surface area contributed by atoms with Crippen LogP contribution in [0.4, 0.5) is 0 Å². The maximum absolute atomic E-state index is 11.6. The maximum atomic E-state index is 11.6. The number of aryl methyl sites for hydroxylation is 1. The SMILES string of the molecule is CCOC(=O)C[C@@H]1CCCCN1Cc1nnc(C)s1. The molecule has 0 spiro atoms. The molecule has 1 aliphatic rings. The van der Waals surface area contributed by atoms with E-state index in [-0.39, 0.29) is 12.0 Å². The predicted octanol–water partition coefficient (Wildman–Crippen LogP) is 2.15. The summed E-state index contributed by atoms with van der Waals surface area (Å²) in [6.07, 6.45) is 3.94. The molecule has 0 amide bonds. The van der Waals surface area contributed by atoms with Crippen molar-refractivity contribution in [2.45, 2.75) is 52.1 Å². The molecule has 0 unspecified atom stereocenters. The lowest BCUT2D eigenvalue weighted by molar-refractivity contribution is -0.145. The molecule has 106 valence electrons. The van der Waals surface area contributed by atoms with Gasteiger partial charge in [0.15, 0.2) is 0 Å². The molecule has 0 N–H and O–H groups in total. The van der Waals surface area contributed by atoms with Crippen LogP contribution in [-0.4, -0.2) is 40.3 Å². The second-order valence-corrected chi connectivity index (χ2v) is 6.11. The Bertz CT molecular complexity index is 422. The van der Waals surface area contributed by atoms with Crippen molar-refractivity contribution < 1.29 is 9.53 Å². The molecule has 0 bridgehead atoms. The largest absolute Gasteiger partial charge is 0.466 e. The van der Waals surface area contributed by atoms with E-state index in [4.69, 9.17) is 4.74 Å². The van der Waals surface area contributed by atoms with E-state index in [0.717, 1.165) is 29.5 Å². The zero-order valence-corrected chi connectivity index (χ0v) is 12.4. The molecule has 1 aromatic rings. The van der Waals surface area contributed by atoms with E-state index in [1.165, 1.54) is 12.8 Å². The van der Waals surface area contributed by atoms with Gasteiger partial charge in [0.25, 0.3) is 0 Å². The van der Waals surface area contributed by atoms with E-state index in [9.17, 15) is 4.79 Å². The molecule has 1 aliphatic heterocycles. The van der Waals surface area contributed by atoms with Crippen molar-refractivity contribution >= 4 is 17.3 Å². The number of esters is 1. The molecule has 1 saturated heterocycles. The zero-order valence-electron chi connectivity index (χ0n) is 11.6. The molecule has 19 heavy (non-hydrogen) atoms. The second kappa shape index (κ2) is 6.96. The summed E-state index contributed by atoms with van der Waals surface area (Å²) in [5.41, 5.74) is 0. The summed E-state index contributed by atoms with van der Waals surface area (Å²) in [5, 5.41) is 10.2. The minimum absolute atomic E-state index is 0.0900.